The van der Waals surface area contributed by atoms with Gasteiger partial charge in [-0.05, 0) is 31.2 Å². The van der Waals surface area contributed by atoms with Gasteiger partial charge < -0.3 is 19.5 Å². The van der Waals surface area contributed by atoms with Gasteiger partial charge >= 0.3 is 12.4 Å². The molecule has 0 radical (unpaired) electrons. The molecule has 1 heterocycles. The van der Waals surface area contributed by atoms with Crippen LogP contribution in [0.1, 0.15) is 28.4 Å². The van der Waals surface area contributed by atoms with Crippen molar-refractivity contribution in [2.75, 3.05) is 18.7 Å². The summed E-state index contributed by atoms with van der Waals surface area (Å²) < 4.78 is 92.5. The maximum absolute atomic E-state index is 12.9. The lowest BCUT2D eigenvalue weighted by Crippen LogP contribution is -2.22. The van der Waals surface area contributed by atoms with Crippen molar-refractivity contribution in [2.24, 2.45) is 0 Å². The molecule has 12 heteroatoms. The molecule has 2 aromatic carbocycles. The zero-order valence-electron chi connectivity index (χ0n) is 15.6. The largest absolute Gasteiger partial charge is 0.484 e. The summed E-state index contributed by atoms with van der Waals surface area (Å²) in [5.74, 6) is -1.62. The standard InChI is InChI=1S/C19H13F6NO5/c1-9(27)13-5-15-16(31-8-30-15)6-14(13)26-17(28)7-29-12-3-10(18(20,21)22)2-11(4-12)19(23,24)25/h2-6H,7-8H2,1H3,(H,26,28). The lowest BCUT2D eigenvalue weighted by atomic mass is 10.1. The molecular weight excluding hydrogens is 436 g/mol. The van der Waals surface area contributed by atoms with E-state index in [0.29, 0.717) is 12.1 Å². The summed E-state index contributed by atoms with van der Waals surface area (Å²) >= 11 is 0. The Labute approximate surface area is 170 Å². The van der Waals surface area contributed by atoms with Crippen molar-refractivity contribution in [3.05, 3.63) is 47.0 Å². The van der Waals surface area contributed by atoms with Gasteiger partial charge in [-0.25, -0.2) is 0 Å². The maximum Gasteiger partial charge on any atom is 0.416 e. The Hall–Kier alpha value is -3.44. The van der Waals surface area contributed by atoms with Gasteiger partial charge in [-0.1, -0.05) is 0 Å². The monoisotopic (exact) mass is 449 g/mol. The van der Waals surface area contributed by atoms with Crippen molar-refractivity contribution < 1.29 is 50.1 Å². The van der Waals surface area contributed by atoms with Gasteiger partial charge in [0.25, 0.3) is 5.91 Å². The van der Waals surface area contributed by atoms with E-state index in [1.54, 1.807) is 0 Å². The summed E-state index contributed by atoms with van der Waals surface area (Å²) in [5, 5.41) is 2.32. The lowest BCUT2D eigenvalue weighted by Gasteiger charge is -2.15. The quantitative estimate of drug-likeness (QED) is 0.531. The fourth-order valence-electron chi connectivity index (χ4n) is 2.68. The number of hydrogen-bond donors (Lipinski definition) is 1. The van der Waals surface area contributed by atoms with Gasteiger partial charge in [0.2, 0.25) is 6.79 Å². The molecule has 0 unspecified atom stereocenters. The van der Waals surface area contributed by atoms with Crippen LogP contribution in [0.5, 0.6) is 17.2 Å². The molecule has 0 fully saturated rings. The summed E-state index contributed by atoms with van der Waals surface area (Å²) in [6.07, 6.45) is -10.1. The summed E-state index contributed by atoms with van der Waals surface area (Å²) in [6, 6.07) is 3.29. The first-order chi connectivity index (χ1) is 14.3. The zero-order valence-corrected chi connectivity index (χ0v) is 15.6. The average molecular weight is 449 g/mol. The third kappa shape index (κ3) is 5.19. The number of carbonyl (C=O) groups is 2. The molecule has 0 saturated heterocycles. The molecule has 0 bridgehead atoms. The normalized spacial score (nSPS) is 13.1. The van der Waals surface area contributed by atoms with Gasteiger partial charge in [-0.15, -0.1) is 0 Å². The molecule has 0 spiro atoms. The second kappa shape index (κ2) is 8.00. The van der Waals surface area contributed by atoms with Crippen LogP contribution in [0.25, 0.3) is 0 Å². The molecular formula is C19H13F6NO5. The first-order valence-electron chi connectivity index (χ1n) is 8.51. The third-order valence-corrected chi connectivity index (χ3v) is 4.10. The Morgan fingerprint density at radius 3 is 2.00 bits per heavy atom. The van der Waals surface area contributed by atoms with Crippen LogP contribution in [-0.2, 0) is 17.1 Å². The summed E-state index contributed by atoms with van der Waals surface area (Å²) in [4.78, 5) is 24.0. The van der Waals surface area contributed by atoms with Gasteiger partial charge in [0.05, 0.1) is 16.8 Å². The smallest absolute Gasteiger partial charge is 0.416 e. The second-order valence-corrected chi connectivity index (χ2v) is 6.39. The van der Waals surface area contributed by atoms with E-state index in [9.17, 15) is 35.9 Å². The van der Waals surface area contributed by atoms with Crippen molar-refractivity contribution in [3.8, 4) is 17.2 Å². The molecule has 1 aliphatic heterocycles. The number of nitrogens with one attached hydrogen (secondary N) is 1. The number of ketones is 1. The predicted molar refractivity (Wildman–Crippen MR) is 93.1 cm³/mol. The third-order valence-electron chi connectivity index (χ3n) is 4.10. The molecule has 0 saturated carbocycles. The van der Waals surface area contributed by atoms with Crippen LogP contribution in [0.3, 0.4) is 0 Å². The number of benzene rings is 2. The number of amides is 1. The second-order valence-electron chi connectivity index (χ2n) is 6.39. The highest BCUT2D eigenvalue weighted by molar-refractivity contribution is 6.04. The van der Waals surface area contributed by atoms with E-state index in [1.807, 2.05) is 0 Å². The lowest BCUT2D eigenvalue weighted by molar-refractivity contribution is -0.143. The van der Waals surface area contributed by atoms with Crippen LogP contribution in [-0.4, -0.2) is 25.1 Å². The molecule has 0 atom stereocenters. The van der Waals surface area contributed by atoms with Crippen LogP contribution >= 0.6 is 0 Å². The minimum absolute atomic E-state index is 0.0189. The molecule has 1 N–H and O–H groups in total. The molecule has 6 nitrogen and oxygen atoms in total. The Morgan fingerprint density at radius 1 is 0.935 bits per heavy atom. The number of anilines is 1. The zero-order chi connectivity index (χ0) is 23.0. The van der Waals surface area contributed by atoms with E-state index in [1.165, 1.54) is 19.1 Å². The number of rotatable bonds is 5. The van der Waals surface area contributed by atoms with E-state index in [2.05, 4.69) is 5.32 Å². The Bertz CT molecular complexity index is 999. The van der Waals surface area contributed by atoms with Crippen LogP contribution in [0.2, 0.25) is 0 Å². The maximum atomic E-state index is 12.9. The average Bonchev–Trinajstić information content (AvgIpc) is 3.11. The van der Waals surface area contributed by atoms with Crippen molar-refractivity contribution >= 4 is 17.4 Å². The van der Waals surface area contributed by atoms with Gasteiger partial charge in [-0.2, -0.15) is 26.3 Å². The molecule has 166 valence electrons. The first kappa shape index (κ1) is 22.2. The summed E-state index contributed by atoms with van der Waals surface area (Å²) in [5.41, 5.74) is -3.07. The minimum Gasteiger partial charge on any atom is -0.484 e. The molecule has 3 rings (SSSR count). The summed E-state index contributed by atoms with van der Waals surface area (Å²) in [7, 11) is 0. The number of halogens is 6. The van der Waals surface area contributed by atoms with E-state index >= 15 is 0 Å². The highest BCUT2D eigenvalue weighted by Gasteiger charge is 2.37. The number of ether oxygens (including phenoxy) is 3. The molecule has 1 amide bonds. The minimum atomic E-state index is -5.05. The topological polar surface area (TPSA) is 73.9 Å². The van der Waals surface area contributed by atoms with Crippen molar-refractivity contribution in [1.29, 1.82) is 0 Å². The fourth-order valence-corrected chi connectivity index (χ4v) is 2.68. The number of alkyl halides is 6. The summed E-state index contributed by atoms with van der Waals surface area (Å²) in [6.45, 7) is 0.222. The highest BCUT2D eigenvalue weighted by atomic mass is 19.4. The first-order valence-corrected chi connectivity index (χ1v) is 8.51. The number of hydrogen-bond acceptors (Lipinski definition) is 5. The van der Waals surface area contributed by atoms with Gasteiger partial charge in [-0.3, -0.25) is 9.59 Å². The van der Waals surface area contributed by atoms with Crippen LogP contribution < -0.4 is 19.5 Å². The highest BCUT2D eigenvalue weighted by Crippen LogP contribution is 2.39. The molecule has 0 aliphatic carbocycles. The molecule has 1 aliphatic rings. The van der Waals surface area contributed by atoms with E-state index in [-0.39, 0.29) is 35.6 Å². The van der Waals surface area contributed by atoms with E-state index < -0.39 is 47.5 Å². The van der Waals surface area contributed by atoms with Crippen molar-refractivity contribution in [1.82, 2.24) is 0 Å². The van der Waals surface area contributed by atoms with E-state index in [0.717, 1.165) is 0 Å². The van der Waals surface area contributed by atoms with E-state index in [4.69, 9.17) is 14.2 Å². The fraction of sp³-hybridized carbons (Fsp3) is 0.263. The van der Waals surface area contributed by atoms with Crippen LogP contribution in [0.4, 0.5) is 32.0 Å². The van der Waals surface area contributed by atoms with Crippen molar-refractivity contribution in [3.63, 3.8) is 0 Å². The number of Topliss-reactive ketones (excluding diaryl/α,β-unsaturated/α-hetero) is 1. The number of fused-ring (bicyclic) bond motifs is 1. The number of carbonyl (C=O) groups excluding carboxylic acids is 2. The van der Waals surface area contributed by atoms with Gasteiger partial charge in [0, 0.05) is 11.6 Å². The van der Waals surface area contributed by atoms with Gasteiger partial charge in [0.1, 0.15) is 5.75 Å². The Morgan fingerprint density at radius 2 is 1.48 bits per heavy atom. The molecule has 2 aromatic rings. The van der Waals surface area contributed by atoms with Crippen LogP contribution in [0.15, 0.2) is 30.3 Å². The molecule has 0 aromatic heterocycles. The SMILES string of the molecule is CC(=O)c1cc2c(cc1NC(=O)COc1cc(C(F)(F)F)cc(C(F)(F)F)c1)OCO2. The van der Waals surface area contributed by atoms with Crippen LogP contribution in [0, 0.1) is 0 Å². The Balaban J connectivity index is 1.78. The van der Waals surface area contributed by atoms with Gasteiger partial charge in [0.15, 0.2) is 23.9 Å². The van der Waals surface area contributed by atoms with Crippen molar-refractivity contribution in [2.45, 2.75) is 19.3 Å². The molecule has 31 heavy (non-hydrogen) atoms. The Kier molecular flexibility index (Phi) is 5.74. The predicted octanol–water partition coefficient (Wildman–Crippen LogP) is 4.67.